The third kappa shape index (κ3) is 3.51. The fraction of sp³-hybridized carbons (Fsp3) is 0.0417. The van der Waals surface area contributed by atoms with Gasteiger partial charge in [-0.25, -0.2) is 0 Å². The Labute approximate surface area is 172 Å². The molecule has 0 aliphatic carbocycles. The highest BCUT2D eigenvalue weighted by molar-refractivity contribution is 9.10. The van der Waals surface area contributed by atoms with Crippen LogP contribution in [0.15, 0.2) is 95.0 Å². The molecule has 0 spiro atoms. The number of amides is 1. The summed E-state index contributed by atoms with van der Waals surface area (Å²) in [6.07, 6.45) is 3.85. The van der Waals surface area contributed by atoms with Gasteiger partial charge in [-0.3, -0.25) is 9.69 Å². The fourth-order valence-corrected chi connectivity index (χ4v) is 3.78. The van der Waals surface area contributed by atoms with E-state index in [2.05, 4.69) is 15.9 Å². The summed E-state index contributed by atoms with van der Waals surface area (Å²) in [6.45, 7) is 0. The number of carbonyl (C=O) groups is 1. The van der Waals surface area contributed by atoms with Crippen molar-refractivity contribution in [2.75, 3.05) is 12.0 Å². The number of benzene rings is 3. The van der Waals surface area contributed by atoms with Crippen molar-refractivity contribution in [3.8, 4) is 5.75 Å². The van der Waals surface area contributed by atoms with Crippen LogP contribution < -0.4 is 9.64 Å². The Morgan fingerprint density at radius 3 is 2.25 bits per heavy atom. The molecule has 4 heteroatoms. The van der Waals surface area contributed by atoms with Crippen molar-refractivity contribution in [2.45, 2.75) is 0 Å². The van der Waals surface area contributed by atoms with Crippen molar-refractivity contribution < 1.29 is 9.53 Å². The summed E-state index contributed by atoms with van der Waals surface area (Å²) in [6, 6.07) is 25.4. The van der Waals surface area contributed by atoms with Gasteiger partial charge in [0.15, 0.2) is 0 Å². The molecule has 1 amide bonds. The number of para-hydroxylation sites is 1. The largest absolute Gasteiger partial charge is 0.496 e. The fourth-order valence-electron chi connectivity index (χ4n) is 3.22. The number of halogens is 1. The number of rotatable bonds is 4. The van der Waals surface area contributed by atoms with Crippen LogP contribution in [0.25, 0.3) is 11.8 Å². The Morgan fingerprint density at radius 2 is 1.61 bits per heavy atom. The topological polar surface area (TPSA) is 29.5 Å². The molecule has 0 atom stereocenters. The smallest absolute Gasteiger partial charge is 0.262 e. The van der Waals surface area contributed by atoms with Gasteiger partial charge >= 0.3 is 0 Å². The van der Waals surface area contributed by atoms with E-state index in [9.17, 15) is 4.79 Å². The maximum absolute atomic E-state index is 13.3. The molecule has 28 heavy (non-hydrogen) atoms. The van der Waals surface area contributed by atoms with Crippen LogP contribution in [0.2, 0.25) is 0 Å². The Hall–Kier alpha value is -3.11. The number of carbonyl (C=O) groups excluding carboxylic acids is 1. The van der Waals surface area contributed by atoms with Crippen molar-refractivity contribution in [1.29, 1.82) is 0 Å². The molecule has 1 aliphatic rings. The van der Waals surface area contributed by atoms with Gasteiger partial charge in [-0.1, -0.05) is 54.6 Å². The zero-order valence-electron chi connectivity index (χ0n) is 15.3. The quantitative estimate of drug-likeness (QED) is 0.479. The van der Waals surface area contributed by atoms with Crippen molar-refractivity contribution in [1.82, 2.24) is 0 Å². The number of hydrogen-bond donors (Lipinski definition) is 0. The molecule has 1 heterocycles. The Balaban J connectivity index is 1.79. The second kappa shape index (κ2) is 7.87. The predicted molar refractivity (Wildman–Crippen MR) is 117 cm³/mol. The zero-order chi connectivity index (χ0) is 19.5. The number of hydrogen-bond acceptors (Lipinski definition) is 2. The number of methoxy groups -OCH3 is 1. The third-order valence-electron chi connectivity index (χ3n) is 4.57. The van der Waals surface area contributed by atoms with Gasteiger partial charge in [-0.2, -0.15) is 0 Å². The van der Waals surface area contributed by atoms with E-state index in [4.69, 9.17) is 4.74 Å². The lowest BCUT2D eigenvalue weighted by Crippen LogP contribution is -2.24. The van der Waals surface area contributed by atoms with Crippen LogP contribution >= 0.6 is 15.9 Å². The summed E-state index contributed by atoms with van der Waals surface area (Å²) < 4.78 is 6.14. The second-order valence-electron chi connectivity index (χ2n) is 6.37. The van der Waals surface area contributed by atoms with E-state index in [1.807, 2.05) is 91.0 Å². The molecule has 0 saturated heterocycles. The highest BCUT2D eigenvalue weighted by Crippen LogP contribution is 2.35. The van der Waals surface area contributed by atoms with Gasteiger partial charge in [0.2, 0.25) is 0 Å². The van der Waals surface area contributed by atoms with Gasteiger partial charge in [0.1, 0.15) is 5.75 Å². The predicted octanol–water partition coefficient (Wildman–Crippen LogP) is 5.93. The van der Waals surface area contributed by atoms with E-state index in [1.54, 1.807) is 12.0 Å². The van der Waals surface area contributed by atoms with Crippen molar-refractivity contribution >= 4 is 39.3 Å². The van der Waals surface area contributed by atoms with E-state index in [0.29, 0.717) is 5.57 Å². The van der Waals surface area contributed by atoms with Gasteiger partial charge in [0.25, 0.3) is 5.91 Å². The monoisotopic (exact) mass is 431 g/mol. The molecule has 0 saturated carbocycles. The molecule has 4 rings (SSSR count). The number of ether oxygens (including phenoxy) is 1. The molecule has 3 aromatic rings. The summed E-state index contributed by atoms with van der Waals surface area (Å²) in [5.74, 6) is 0.711. The molecule has 0 radical (unpaired) electrons. The van der Waals surface area contributed by atoms with Crippen molar-refractivity contribution in [3.63, 3.8) is 0 Å². The van der Waals surface area contributed by atoms with Gasteiger partial charge in [-0.05, 0) is 63.5 Å². The van der Waals surface area contributed by atoms with Gasteiger partial charge in [0, 0.05) is 11.3 Å². The maximum Gasteiger partial charge on any atom is 0.262 e. The maximum atomic E-state index is 13.3. The van der Waals surface area contributed by atoms with E-state index < -0.39 is 0 Å². The van der Waals surface area contributed by atoms with Crippen LogP contribution in [0.1, 0.15) is 11.1 Å². The Morgan fingerprint density at radius 1 is 0.929 bits per heavy atom. The molecule has 0 bridgehead atoms. The third-order valence-corrected chi connectivity index (χ3v) is 5.18. The van der Waals surface area contributed by atoms with E-state index in [1.165, 1.54) is 0 Å². The van der Waals surface area contributed by atoms with Gasteiger partial charge < -0.3 is 4.74 Å². The SMILES string of the molecule is COc1ccc(C=C2C=C(c3ccccc3)N(c3ccccc3)C2=O)cc1Br. The lowest BCUT2D eigenvalue weighted by molar-refractivity contribution is -0.113. The molecule has 138 valence electrons. The first-order valence-corrected chi connectivity index (χ1v) is 9.68. The summed E-state index contributed by atoms with van der Waals surface area (Å²) >= 11 is 3.50. The number of anilines is 1. The van der Waals surface area contributed by atoms with Crippen molar-refractivity contribution in [2.24, 2.45) is 0 Å². The molecule has 0 unspecified atom stereocenters. The number of nitrogens with zero attached hydrogens (tertiary/aromatic N) is 1. The Bertz CT molecular complexity index is 1070. The van der Waals surface area contributed by atoms with E-state index in [-0.39, 0.29) is 5.91 Å². The average Bonchev–Trinajstić information content (AvgIpc) is 3.05. The molecule has 1 aliphatic heterocycles. The van der Waals surface area contributed by atoms with Gasteiger partial charge in [-0.15, -0.1) is 0 Å². The molecule has 3 aromatic carbocycles. The minimum absolute atomic E-state index is 0.0445. The summed E-state index contributed by atoms with van der Waals surface area (Å²) in [5.41, 5.74) is 4.28. The molecule has 0 aromatic heterocycles. The molecule has 3 nitrogen and oxygen atoms in total. The summed E-state index contributed by atoms with van der Waals surface area (Å²) in [4.78, 5) is 15.0. The van der Waals surface area contributed by atoms with E-state index >= 15 is 0 Å². The summed E-state index contributed by atoms with van der Waals surface area (Å²) in [5, 5.41) is 0. The highest BCUT2D eigenvalue weighted by atomic mass is 79.9. The first-order chi connectivity index (χ1) is 13.7. The zero-order valence-corrected chi connectivity index (χ0v) is 16.9. The first-order valence-electron chi connectivity index (χ1n) is 8.89. The van der Waals surface area contributed by atoms with Crippen LogP contribution in [0.5, 0.6) is 5.75 Å². The Kier molecular flexibility index (Phi) is 5.13. The van der Waals surface area contributed by atoms with Crippen LogP contribution in [0, 0.1) is 0 Å². The van der Waals surface area contributed by atoms with E-state index in [0.717, 1.165) is 32.7 Å². The van der Waals surface area contributed by atoms with Crippen LogP contribution in [0.3, 0.4) is 0 Å². The minimum Gasteiger partial charge on any atom is -0.496 e. The van der Waals surface area contributed by atoms with Gasteiger partial charge in [0.05, 0.1) is 17.3 Å². The molecule has 0 N–H and O–H groups in total. The molecular formula is C24H18BrNO2. The van der Waals surface area contributed by atoms with Crippen LogP contribution in [-0.2, 0) is 4.79 Å². The molecule has 0 fully saturated rings. The van der Waals surface area contributed by atoms with Crippen LogP contribution in [0.4, 0.5) is 5.69 Å². The van der Waals surface area contributed by atoms with Crippen molar-refractivity contribution in [3.05, 3.63) is 106 Å². The summed E-state index contributed by atoms with van der Waals surface area (Å²) in [7, 11) is 1.63. The van der Waals surface area contributed by atoms with Crippen LogP contribution in [-0.4, -0.2) is 13.0 Å². The average molecular weight is 432 g/mol. The lowest BCUT2D eigenvalue weighted by atomic mass is 10.1. The first kappa shape index (κ1) is 18.3. The minimum atomic E-state index is -0.0445. The standard InChI is InChI=1S/C24H18BrNO2/c1-28-23-13-12-17(15-21(23)25)14-19-16-22(18-8-4-2-5-9-18)26(24(19)27)20-10-6-3-7-11-20/h2-16H,1H3. The molecular weight excluding hydrogens is 414 g/mol. The lowest BCUT2D eigenvalue weighted by Gasteiger charge is -2.20. The second-order valence-corrected chi connectivity index (χ2v) is 7.22. The normalized spacial score (nSPS) is 15.1. The highest BCUT2D eigenvalue weighted by Gasteiger charge is 2.30.